The van der Waals surface area contributed by atoms with E-state index in [2.05, 4.69) is 5.32 Å². The zero-order valence-corrected chi connectivity index (χ0v) is 11.2. The van der Waals surface area contributed by atoms with Gasteiger partial charge < -0.3 is 25.4 Å². The second-order valence-electron chi connectivity index (χ2n) is 5.15. The minimum Gasteiger partial charge on any atom is -0.504 e. The van der Waals surface area contributed by atoms with Crippen molar-refractivity contribution in [1.82, 2.24) is 5.32 Å². The van der Waals surface area contributed by atoms with Crippen LogP contribution in [0.5, 0.6) is 11.5 Å². The molecule has 0 bridgehead atoms. The topological polar surface area (TPSA) is 99.0 Å². The number of alkyl carbamates (subject to hydrolysis) is 1. The van der Waals surface area contributed by atoms with Gasteiger partial charge in [-0.15, -0.1) is 0 Å². The largest absolute Gasteiger partial charge is 0.504 e. The molecule has 1 amide bonds. The Hall–Kier alpha value is -1.95. The Kier molecular flexibility index (Phi) is 4.61. The zero-order chi connectivity index (χ0) is 14.6. The number of phenolic OH excluding ortho intramolecular Hbond substituents is 2. The minimum atomic E-state index is -1.00. The van der Waals surface area contributed by atoms with Crippen LogP contribution in [0.4, 0.5) is 4.79 Å². The van der Waals surface area contributed by atoms with Crippen molar-refractivity contribution in [2.24, 2.45) is 0 Å². The Balaban J connectivity index is 2.53. The standard InChI is InChI=1S/C13H19NO5/c1-13(2,3)19-12(18)14-7-11(17)8-4-5-9(15)10(16)6-8/h4-6,11,15-17H,7H2,1-3H3,(H,14,18)/t11-/m1/s1. The summed E-state index contributed by atoms with van der Waals surface area (Å²) < 4.78 is 5.02. The number of carbonyl (C=O) groups is 1. The molecule has 0 aliphatic carbocycles. The first kappa shape index (κ1) is 15.1. The predicted molar refractivity (Wildman–Crippen MR) is 69.0 cm³/mol. The average Bonchev–Trinajstić information content (AvgIpc) is 2.27. The Morgan fingerprint density at radius 1 is 1.32 bits per heavy atom. The van der Waals surface area contributed by atoms with Gasteiger partial charge >= 0.3 is 6.09 Å². The lowest BCUT2D eigenvalue weighted by Crippen LogP contribution is -2.34. The van der Waals surface area contributed by atoms with Gasteiger partial charge in [0.15, 0.2) is 11.5 Å². The number of carbonyl (C=O) groups excluding carboxylic acids is 1. The van der Waals surface area contributed by atoms with E-state index in [0.717, 1.165) is 0 Å². The van der Waals surface area contributed by atoms with Crippen LogP contribution < -0.4 is 5.32 Å². The molecule has 0 unspecified atom stereocenters. The maximum Gasteiger partial charge on any atom is 0.407 e. The Bertz CT molecular complexity index is 453. The van der Waals surface area contributed by atoms with E-state index in [-0.39, 0.29) is 18.0 Å². The molecule has 6 heteroatoms. The van der Waals surface area contributed by atoms with Crippen LogP contribution in [0.15, 0.2) is 18.2 Å². The summed E-state index contributed by atoms with van der Waals surface area (Å²) in [6.45, 7) is 5.15. The molecule has 1 atom stereocenters. The van der Waals surface area contributed by atoms with Crippen LogP contribution in [-0.2, 0) is 4.74 Å². The van der Waals surface area contributed by atoms with Crippen molar-refractivity contribution in [1.29, 1.82) is 0 Å². The number of ether oxygens (including phenoxy) is 1. The number of aliphatic hydroxyl groups excluding tert-OH is 1. The Labute approximate surface area is 111 Å². The second-order valence-corrected chi connectivity index (χ2v) is 5.15. The van der Waals surface area contributed by atoms with Gasteiger partial charge in [0.05, 0.1) is 12.6 Å². The molecule has 6 nitrogen and oxygen atoms in total. The van der Waals surface area contributed by atoms with Crippen LogP contribution in [0.1, 0.15) is 32.4 Å². The number of rotatable bonds is 3. The molecule has 0 radical (unpaired) electrons. The van der Waals surface area contributed by atoms with Crippen LogP contribution in [0.2, 0.25) is 0 Å². The van der Waals surface area contributed by atoms with Crippen molar-refractivity contribution in [2.75, 3.05) is 6.54 Å². The number of nitrogens with one attached hydrogen (secondary N) is 1. The van der Waals surface area contributed by atoms with E-state index in [1.54, 1.807) is 20.8 Å². The smallest absolute Gasteiger partial charge is 0.407 e. The quantitative estimate of drug-likeness (QED) is 0.625. The van der Waals surface area contributed by atoms with Gasteiger partial charge in [-0.3, -0.25) is 0 Å². The molecule has 0 heterocycles. The van der Waals surface area contributed by atoms with E-state index >= 15 is 0 Å². The molecule has 4 N–H and O–H groups in total. The van der Waals surface area contributed by atoms with E-state index in [9.17, 15) is 15.0 Å². The van der Waals surface area contributed by atoms with E-state index < -0.39 is 17.8 Å². The predicted octanol–water partition coefficient (Wildman–Crippen LogP) is 1.66. The van der Waals surface area contributed by atoms with Crippen LogP contribution in [0.25, 0.3) is 0 Å². The summed E-state index contributed by atoms with van der Waals surface area (Å²) in [6, 6.07) is 3.95. The number of benzene rings is 1. The fourth-order valence-electron chi connectivity index (χ4n) is 1.36. The summed E-state index contributed by atoms with van der Waals surface area (Å²) in [5.74, 6) is -0.593. The molecule has 0 saturated carbocycles. The molecule has 106 valence electrons. The van der Waals surface area contributed by atoms with Crippen LogP contribution in [-0.4, -0.2) is 33.6 Å². The summed E-state index contributed by atoms with van der Waals surface area (Å²) in [5, 5.41) is 30.7. The first-order valence-corrected chi connectivity index (χ1v) is 5.86. The van der Waals surface area contributed by atoms with E-state index in [0.29, 0.717) is 5.56 Å². The summed E-state index contributed by atoms with van der Waals surface area (Å²) in [7, 11) is 0. The summed E-state index contributed by atoms with van der Waals surface area (Å²) in [4.78, 5) is 11.4. The number of aromatic hydroxyl groups is 2. The van der Waals surface area contributed by atoms with Gasteiger partial charge in [-0.1, -0.05) is 6.07 Å². The zero-order valence-electron chi connectivity index (χ0n) is 11.2. The molecule has 0 aromatic heterocycles. The number of phenols is 2. The maximum absolute atomic E-state index is 11.4. The molecule has 1 aromatic rings. The highest BCUT2D eigenvalue weighted by Gasteiger charge is 2.17. The molecule has 19 heavy (non-hydrogen) atoms. The number of aliphatic hydroxyl groups is 1. The molecule has 0 aliphatic rings. The minimum absolute atomic E-state index is 0.0564. The van der Waals surface area contributed by atoms with Gasteiger partial charge in [-0.2, -0.15) is 0 Å². The number of hydrogen-bond acceptors (Lipinski definition) is 5. The maximum atomic E-state index is 11.4. The molecule has 1 aromatic carbocycles. The third-order valence-electron chi connectivity index (χ3n) is 2.22. The van der Waals surface area contributed by atoms with Crippen molar-refractivity contribution in [2.45, 2.75) is 32.5 Å². The molecule has 0 aliphatic heterocycles. The fraction of sp³-hybridized carbons (Fsp3) is 0.462. The fourth-order valence-corrected chi connectivity index (χ4v) is 1.36. The SMILES string of the molecule is CC(C)(C)OC(=O)NC[C@@H](O)c1ccc(O)c(O)c1. The monoisotopic (exact) mass is 269 g/mol. The number of amides is 1. The van der Waals surface area contributed by atoms with Gasteiger partial charge in [0, 0.05) is 0 Å². The second kappa shape index (κ2) is 5.79. The van der Waals surface area contributed by atoms with E-state index in [1.807, 2.05) is 0 Å². The van der Waals surface area contributed by atoms with E-state index in [4.69, 9.17) is 9.84 Å². The Morgan fingerprint density at radius 3 is 2.47 bits per heavy atom. The van der Waals surface area contributed by atoms with Gasteiger partial charge in [-0.05, 0) is 38.5 Å². The summed E-state index contributed by atoms with van der Waals surface area (Å²) in [5.41, 5.74) is -0.224. The van der Waals surface area contributed by atoms with Crippen molar-refractivity contribution >= 4 is 6.09 Å². The number of hydrogen-bond donors (Lipinski definition) is 4. The molecular formula is C13H19NO5. The third-order valence-corrected chi connectivity index (χ3v) is 2.22. The highest BCUT2D eigenvalue weighted by molar-refractivity contribution is 5.67. The normalized spacial score (nSPS) is 12.8. The molecule has 0 saturated heterocycles. The summed E-state index contributed by atoms with van der Waals surface area (Å²) in [6.07, 6.45) is -1.63. The van der Waals surface area contributed by atoms with Crippen molar-refractivity contribution in [3.63, 3.8) is 0 Å². The van der Waals surface area contributed by atoms with Crippen molar-refractivity contribution in [3.05, 3.63) is 23.8 Å². The van der Waals surface area contributed by atoms with Crippen LogP contribution in [0.3, 0.4) is 0 Å². The van der Waals surface area contributed by atoms with Gasteiger partial charge in [0.2, 0.25) is 0 Å². The molecule has 0 spiro atoms. The molecule has 1 rings (SSSR count). The van der Waals surface area contributed by atoms with Gasteiger partial charge in [-0.25, -0.2) is 4.79 Å². The third kappa shape index (κ3) is 5.05. The van der Waals surface area contributed by atoms with Crippen molar-refractivity contribution < 1.29 is 24.9 Å². The highest BCUT2D eigenvalue weighted by Crippen LogP contribution is 2.27. The van der Waals surface area contributed by atoms with Crippen LogP contribution >= 0.6 is 0 Å². The average molecular weight is 269 g/mol. The lowest BCUT2D eigenvalue weighted by molar-refractivity contribution is 0.0491. The Morgan fingerprint density at radius 2 is 1.95 bits per heavy atom. The molecular weight excluding hydrogens is 250 g/mol. The van der Waals surface area contributed by atoms with E-state index in [1.165, 1.54) is 18.2 Å². The molecule has 0 fully saturated rings. The van der Waals surface area contributed by atoms with Gasteiger partial charge in [0.1, 0.15) is 5.60 Å². The lowest BCUT2D eigenvalue weighted by Gasteiger charge is -2.20. The first-order chi connectivity index (χ1) is 8.69. The van der Waals surface area contributed by atoms with Gasteiger partial charge in [0.25, 0.3) is 0 Å². The van der Waals surface area contributed by atoms with Crippen molar-refractivity contribution in [3.8, 4) is 11.5 Å². The van der Waals surface area contributed by atoms with Crippen LogP contribution in [0, 0.1) is 0 Å². The summed E-state index contributed by atoms with van der Waals surface area (Å²) >= 11 is 0. The first-order valence-electron chi connectivity index (χ1n) is 5.86. The highest BCUT2D eigenvalue weighted by atomic mass is 16.6. The lowest BCUT2D eigenvalue weighted by atomic mass is 10.1.